The number of hydrogen-bond acceptors (Lipinski definition) is 5. The van der Waals surface area contributed by atoms with Crippen LogP contribution in [0.5, 0.6) is 5.75 Å². The molecule has 2 aromatic rings. The highest BCUT2D eigenvalue weighted by Gasteiger charge is 2.13. The van der Waals surface area contributed by atoms with Crippen LogP contribution in [-0.4, -0.2) is 30.8 Å². The van der Waals surface area contributed by atoms with Gasteiger partial charge in [-0.15, -0.1) is 0 Å². The maximum absolute atomic E-state index is 12.2. The quantitative estimate of drug-likeness (QED) is 0.558. The Balaban J connectivity index is 1.95. The highest BCUT2D eigenvalue weighted by atomic mass is 16.5. The van der Waals surface area contributed by atoms with Gasteiger partial charge in [0, 0.05) is 16.7 Å². The van der Waals surface area contributed by atoms with Crippen molar-refractivity contribution in [1.29, 1.82) is 0 Å². The number of carbonyl (C=O) groups excluding carboxylic acids is 3. The SMILES string of the molecule is CCOc1ccc(C(C)=O)cc1COC(=O)CNC(=O)c1cc(C)cc(C)c1. The minimum Gasteiger partial charge on any atom is -0.493 e. The minimum absolute atomic E-state index is 0.0469. The Morgan fingerprint density at radius 1 is 0.964 bits per heavy atom. The molecule has 1 amide bonds. The van der Waals surface area contributed by atoms with Gasteiger partial charge >= 0.3 is 5.97 Å². The Morgan fingerprint density at radius 2 is 1.64 bits per heavy atom. The van der Waals surface area contributed by atoms with Crippen molar-refractivity contribution in [1.82, 2.24) is 5.32 Å². The normalized spacial score (nSPS) is 10.3. The predicted octanol–water partition coefficient (Wildman–Crippen LogP) is 3.38. The number of amides is 1. The summed E-state index contributed by atoms with van der Waals surface area (Å²) >= 11 is 0. The Hall–Kier alpha value is -3.15. The summed E-state index contributed by atoms with van der Waals surface area (Å²) in [5.41, 5.74) is 3.56. The van der Waals surface area contributed by atoms with E-state index < -0.39 is 5.97 Å². The van der Waals surface area contributed by atoms with Gasteiger partial charge in [0.05, 0.1) is 6.61 Å². The smallest absolute Gasteiger partial charge is 0.325 e. The first-order valence-corrected chi connectivity index (χ1v) is 9.09. The van der Waals surface area contributed by atoms with Crippen molar-refractivity contribution in [2.45, 2.75) is 34.3 Å². The van der Waals surface area contributed by atoms with Crippen molar-refractivity contribution in [3.05, 3.63) is 64.2 Å². The van der Waals surface area contributed by atoms with Gasteiger partial charge in [-0.3, -0.25) is 14.4 Å². The predicted molar refractivity (Wildman–Crippen MR) is 106 cm³/mol. The van der Waals surface area contributed by atoms with Crippen LogP contribution < -0.4 is 10.1 Å². The number of ketones is 1. The largest absolute Gasteiger partial charge is 0.493 e. The first kappa shape index (κ1) is 21.2. The zero-order chi connectivity index (χ0) is 20.7. The molecule has 0 aliphatic heterocycles. The van der Waals surface area contributed by atoms with Gasteiger partial charge in [-0.05, 0) is 58.0 Å². The summed E-state index contributed by atoms with van der Waals surface area (Å²) in [6.45, 7) is 7.28. The monoisotopic (exact) mass is 383 g/mol. The third kappa shape index (κ3) is 5.94. The Morgan fingerprint density at radius 3 is 2.25 bits per heavy atom. The van der Waals surface area contributed by atoms with Crippen molar-refractivity contribution in [2.75, 3.05) is 13.2 Å². The second kappa shape index (κ2) is 9.69. The molecule has 0 bridgehead atoms. The highest BCUT2D eigenvalue weighted by molar-refractivity contribution is 5.96. The van der Waals surface area contributed by atoms with Gasteiger partial charge in [0.2, 0.25) is 0 Å². The molecular weight excluding hydrogens is 358 g/mol. The Kier molecular flexibility index (Phi) is 7.32. The lowest BCUT2D eigenvalue weighted by Crippen LogP contribution is -2.30. The summed E-state index contributed by atoms with van der Waals surface area (Å²) in [6, 6.07) is 10.5. The van der Waals surface area contributed by atoms with Gasteiger partial charge in [-0.25, -0.2) is 0 Å². The summed E-state index contributed by atoms with van der Waals surface area (Å²) < 4.78 is 10.7. The number of aryl methyl sites for hydroxylation is 2. The second-order valence-electron chi connectivity index (χ2n) is 6.53. The van der Waals surface area contributed by atoms with Gasteiger partial charge in [0.25, 0.3) is 5.91 Å². The number of hydrogen-bond donors (Lipinski definition) is 1. The summed E-state index contributed by atoms with van der Waals surface area (Å²) in [4.78, 5) is 35.8. The van der Waals surface area contributed by atoms with Crippen molar-refractivity contribution < 1.29 is 23.9 Å². The first-order valence-electron chi connectivity index (χ1n) is 9.09. The lowest BCUT2D eigenvalue weighted by atomic mass is 10.1. The fourth-order valence-corrected chi connectivity index (χ4v) is 2.78. The fourth-order valence-electron chi connectivity index (χ4n) is 2.78. The molecule has 0 saturated heterocycles. The zero-order valence-electron chi connectivity index (χ0n) is 16.6. The number of esters is 1. The molecule has 2 rings (SSSR count). The molecule has 2 aromatic carbocycles. The number of Topliss-reactive ketones (excluding diaryl/α,β-unsaturated/α-hetero) is 1. The van der Waals surface area contributed by atoms with Crippen LogP contribution in [0.25, 0.3) is 0 Å². The van der Waals surface area contributed by atoms with Crippen LogP contribution in [0.1, 0.15) is 51.3 Å². The number of rotatable bonds is 8. The molecule has 0 aliphatic rings. The summed E-state index contributed by atoms with van der Waals surface area (Å²) in [6.07, 6.45) is 0. The van der Waals surface area contributed by atoms with E-state index in [1.54, 1.807) is 30.3 Å². The molecule has 0 fully saturated rings. The third-order valence-electron chi connectivity index (χ3n) is 4.03. The van der Waals surface area contributed by atoms with E-state index in [1.807, 2.05) is 26.8 Å². The van der Waals surface area contributed by atoms with E-state index in [-0.39, 0.29) is 24.8 Å². The van der Waals surface area contributed by atoms with Crippen LogP contribution >= 0.6 is 0 Å². The van der Waals surface area contributed by atoms with Crippen LogP contribution in [0, 0.1) is 13.8 Å². The lowest BCUT2D eigenvalue weighted by molar-refractivity contribution is -0.143. The third-order valence-corrected chi connectivity index (χ3v) is 4.03. The first-order chi connectivity index (χ1) is 13.3. The molecule has 148 valence electrons. The molecule has 0 atom stereocenters. The standard InChI is InChI=1S/C22H25NO5/c1-5-27-20-7-6-17(16(4)24)11-19(20)13-28-21(25)12-23-22(26)18-9-14(2)8-15(3)10-18/h6-11H,5,12-13H2,1-4H3,(H,23,26). The van der Waals surface area contributed by atoms with E-state index in [0.717, 1.165) is 11.1 Å². The van der Waals surface area contributed by atoms with Crippen molar-refractivity contribution in [3.8, 4) is 5.75 Å². The molecule has 1 N–H and O–H groups in total. The Bertz CT molecular complexity index is 868. The number of benzene rings is 2. The van der Waals surface area contributed by atoms with Gasteiger partial charge < -0.3 is 14.8 Å². The van der Waals surface area contributed by atoms with E-state index >= 15 is 0 Å². The molecule has 28 heavy (non-hydrogen) atoms. The van der Waals surface area contributed by atoms with Gasteiger partial charge in [0.1, 0.15) is 18.9 Å². The lowest BCUT2D eigenvalue weighted by Gasteiger charge is -2.12. The van der Waals surface area contributed by atoms with E-state index in [4.69, 9.17) is 9.47 Å². The molecule has 0 saturated carbocycles. The maximum atomic E-state index is 12.2. The Labute approximate surface area is 164 Å². The van der Waals surface area contributed by atoms with Gasteiger partial charge in [-0.2, -0.15) is 0 Å². The molecule has 0 aliphatic carbocycles. The number of carbonyl (C=O) groups is 3. The molecule has 6 nitrogen and oxygen atoms in total. The zero-order valence-corrected chi connectivity index (χ0v) is 16.6. The van der Waals surface area contributed by atoms with E-state index in [2.05, 4.69) is 5.32 Å². The molecule has 6 heteroatoms. The van der Waals surface area contributed by atoms with Crippen LogP contribution in [0.3, 0.4) is 0 Å². The fraction of sp³-hybridized carbons (Fsp3) is 0.318. The summed E-state index contributed by atoms with van der Waals surface area (Å²) in [5, 5.41) is 2.56. The molecule has 0 aromatic heterocycles. The van der Waals surface area contributed by atoms with Gasteiger partial charge in [0.15, 0.2) is 5.78 Å². The molecule has 0 spiro atoms. The van der Waals surface area contributed by atoms with E-state index in [0.29, 0.717) is 29.0 Å². The average Bonchev–Trinajstić information content (AvgIpc) is 2.64. The number of ether oxygens (including phenoxy) is 2. The molecule has 0 unspecified atom stereocenters. The number of nitrogens with one attached hydrogen (secondary N) is 1. The van der Waals surface area contributed by atoms with Crippen LogP contribution in [0.2, 0.25) is 0 Å². The van der Waals surface area contributed by atoms with Crippen LogP contribution in [-0.2, 0) is 16.1 Å². The summed E-state index contributed by atoms with van der Waals surface area (Å²) in [5.74, 6) is -0.443. The van der Waals surface area contributed by atoms with E-state index in [1.165, 1.54) is 6.92 Å². The van der Waals surface area contributed by atoms with Crippen LogP contribution in [0.15, 0.2) is 36.4 Å². The second-order valence-corrected chi connectivity index (χ2v) is 6.53. The minimum atomic E-state index is -0.576. The molecule has 0 heterocycles. The van der Waals surface area contributed by atoms with E-state index in [9.17, 15) is 14.4 Å². The topological polar surface area (TPSA) is 81.7 Å². The molecule has 0 radical (unpaired) electrons. The summed E-state index contributed by atoms with van der Waals surface area (Å²) in [7, 11) is 0. The van der Waals surface area contributed by atoms with Crippen molar-refractivity contribution in [2.24, 2.45) is 0 Å². The molecular formula is C22H25NO5. The van der Waals surface area contributed by atoms with Crippen molar-refractivity contribution in [3.63, 3.8) is 0 Å². The van der Waals surface area contributed by atoms with Crippen molar-refractivity contribution >= 4 is 17.7 Å². The van der Waals surface area contributed by atoms with Gasteiger partial charge in [-0.1, -0.05) is 17.2 Å². The maximum Gasteiger partial charge on any atom is 0.325 e. The highest BCUT2D eigenvalue weighted by Crippen LogP contribution is 2.21. The average molecular weight is 383 g/mol. The van der Waals surface area contributed by atoms with Crippen LogP contribution in [0.4, 0.5) is 0 Å².